The van der Waals surface area contributed by atoms with Gasteiger partial charge in [0.25, 0.3) is 5.56 Å². The normalized spacial score (nSPS) is 13.0. The van der Waals surface area contributed by atoms with Crippen LogP contribution in [0.15, 0.2) is 88.8 Å². The van der Waals surface area contributed by atoms with E-state index < -0.39 is 11.1 Å². The number of hydrogen-bond donors (Lipinski definition) is 1. The Hall–Kier alpha value is -3.45. The first kappa shape index (κ1) is 21.8. The minimum absolute atomic E-state index is 0.157. The van der Waals surface area contributed by atoms with E-state index in [2.05, 4.69) is 10.3 Å². The second-order valence-electron chi connectivity index (χ2n) is 7.43. The van der Waals surface area contributed by atoms with Crippen LogP contribution in [-0.2, 0) is 4.79 Å². The number of carbonyl (C=O) groups excluding carboxylic acids is 1. The minimum Gasteiger partial charge on any atom is -0.349 e. The summed E-state index contributed by atoms with van der Waals surface area (Å²) < 4.78 is 14.9. The van der Waals surface area contributed by atoms with Crippen molar-refractivity contribution in [2.24, 2.45) is 0 Å². The van der Waals surface area contributed by atoms with Crippen molar-refractivity contribution < 1.29 is 9.18 Å². The predicted octanol–water partition coefficient (Wildman–Crippen LogP) is 4.88. The van der Waals surface area contributed by atoms with Crippen LogP contribution in [0.1, 0.15) is 25.5 Å². The van der Waals surface area contributed by atoms with Gasteiger partial charge >= 0.3 is 0 Å². The molecule has 7 heteroatoms. The molecule has 0 aliphatic rings. The number of para-hydroxylation sites is 1. The van der Waals surface area contributed by atoms with Crippen molar-refractivity contribution in [3.05, 3.63) is 101 Å². The molecule has 1 amide bonds. The fourth-order valence-corrected chi connectivity index (χ4v) is 4.31. The number of rotatable bonds is 6. The van der Waals surface area contributed by atoms with Crippen LogP contribution in [0.25, 0.3) is 16.6 Å². The number of fused-ring (bicyclic) bond motifs is 1. The molecule has 0 saturated carbocycles. The van der Waals surface area contributed by atoms with E-state index in [1.165, 1.54) is 40.6 Å². The number of hydrogen-bond acceptors (Lipinski definition) is 4. The highest BCUT2D eigenvalue weighted by Gasteiger charge is 2.21. The third-order valence-electron chi connectivity index (χ3n) is 5.14. The molecule has 0 aliphatic carbocycles. The van der Waals surface area contributed by atoms with Gasteiger partial charge < -0.3 is 5.32 Å². The zero-order chi connectivity index (χ0) is 22.7. The van der Waals surface area contributed by atoms with Gasteiger partial charge in [-0.1, -0.05) is 54.2 Å². The highest BCUT2D eigenvalue weighted by atomic mass is 32.2. The first-order chi connectivity index (χ1) is 15.4. The van der Waals surface area contributed by atoms with Crippen LogP contribution >= 0.6 is 11.8 Å². The molecule has 1 heterocycles. The van der Waals surface area contributed by atoms with E-state index >= 15 is 0 Å². The third-order valence-corrected chi connectivity index (χ3v) is 6.19. The Kier molecular flexibility index (Phi) is 6.37. The van der Waals surface area contributed by atoms with Gasteiger partial charge in [-0.05, 0) is 55.8 Å². The molecule has 2 unspecified atom stereocenters. The van der Waals surface area contributed by atoms with Gasteiger partial charge in [0.05, 0.1) is 27.9 Å². The van der Waals surface area contributed by atoms with E-state index in [-0.39, 0.29) is 17.5 Å². The van der Waals surface area contributed by atoms with Crippen LogP contribution < -0.4 is 10.9 Å². The van der Waals surface area contributed by atoms with E-state index in [4.69, 9.17) is 0 Å². The van der Waals surface area contributed by atoms with Crippen molar-refractivity contribution >= 4 is 28.6 Å². The van der Waals surface area contributed by atoms with Crippen LogP contribution in [0.2, 0.25) is 0 Å². The summed E-state index contributed by atoms with van der Waals surface area (Å²) in [6.07, 6.45) is 0. The van der Waals surface area contributed by atoms with Crippen molar-refractivity contribution in [1.29, 1.82) is 0 Å². The lowest BCUT2D eigenvalue weighted by Gasteiger charge is -2.19. The Morgan fingerprint density at radius 1 is 0.969 bits per heavy atom. The van der Waals surface area contributed by atoms with Gasteiger partial charge in [-0.25, -0.2) is 9.37 Å². The number of thioether (sulfide) groups is 1. The molecule has 3 aromatic carbocycles. The van der Waals surface area contributed by atoms with Gasteiger partial charge in [0.1, 0.15) is 5.82 Å². The molecule has 4 aromatic rings. The number of aromatic nitrogens is 2. The number of halogens is 1. The third kappa shape index (κ3) is 4.57. The monoisotopic (exact) mass is 447 g/mol. The second-order valence-corrected chi connectivity index (χ2v) is 8.74. The topological polar surface area (TPSA) is 64.0 Å². The summed E-state index contributed by atoms with van der Waals surface area (Å²) in [5.74, 6) is -0.563. The largest absolute Gasteiger partial charge is 0.349 e. The number of benzene rings is 3. The van der Waals surface area contributed by atoms with Crippen LogP contribution in [0.5, 0.6) is 0 Å². The minimum atomic E-state index is -0.513. The zero-order valence-electron chi connectivity index (χ0n) is 17.7. The fourth-order valence-electron chi connectivity index (χ4n) is 3.38. The SMILES string of the molecule is CC(Sc1nc2ccccc2c(=O)n1-c1ccc(F)cc1)C(=O)NC(C)c1ccccc1. The van der Waals surface area contributed by atoms with E-state index in [0.717, 1.165) is 5.56 Å². The maximum atomic E-state index is 13.5. The van der Waals surface area contributed by atoms with Crippen LogP contribution in [-0.4, -0.2) is 20.7 Å². The van der Waals surface area contributed by atoms with Crippen LogP contribution in [0.4, 0.5) is 4.39 Å². The molecule has 0 fully saturated rings. The quantitative estimate of drug-likeness (QED) is 0.338. The second kappa shape index (κ2) is 9.36. The number of nitrogens with zero attached hydrogens (tertiary/aromatic N) is 2. The number of nitrogens with one attached hydrogen (secondary N) is 1. The molecule has 2 atom stereocenters. The summed E-state index contributed by atoms with van der Waals surface area (Å²) >= 11 is 1.19. The van der Waals surface area contributed by atoms with Crippen molar-refractivity contribution in [3.8, 4) is 5.69 Å². The summed E-state index contributed by atoms with van der Waals surface area (Å²) in [5.41, 5.74) is 1.77. The maximum absolute atomic E-state index is 13.5. The van der Waals surface area contributed by atoms with Crippen molar-refractivity contribution in [1.82, 2.24) is 14.9 Å². The highest BCUT2D eigenvalue weighted by Crippen LogP contribution is 2.26. The molecule has 4 rings (SSSR count). The Bertz CT molecular complexity index is 1310. The van der Waals surface area contributed by atoms with Crippen LogP contribution in [0, 0.1) is 5.82 Å². The Morgan fingerprint density at radius 2 is 1.62 bits per heavy atom. The Labute approximate surface area is 189 Å². The Balaban J connectivity index is 1.67. The molecule has 1 aromatic heterocycles. The van der Waals surface area contributed by atoms with Gasteiger partial charge in [0, 0.05) is 0 Å². The van der Waals surface area contributed by atoms with Gasteiger partial charge in [0.15, 0.2) is 5.16 Å². The number of carbonyl (C=O) groups is 1. The van der Waals surface area contributed by atoms with Crippen molar-refractivity contribution in [3.63, 3.8) is 0 Å². The first-order valence-electron chi connectivity index (χ1n) is 10.2. The molecule has 0 spiro atoms. The molecule has 1 N–H and O–H groups in total. The molecule has 0 radical (unpaired) electrons. The number of amides is 1. The predicted molar refractivity (Wildman–Crippen MR) is 126 cm³/mol. The molecule has 0 bridgehead atoms. The zero-order valence-corrected chi connectivity index (χ0v) is 18.5. The fraction of sp³-hybridized carbons (Fsp3) is 0.160. The summed E-state index contributed by atoms with van der Waals surface area (Å²) in [6, 6.07) is 22.2. The maximum Gasteiger partial charge on any atom is 0.266 e. The van der Waals surface area contributed by atoms with E-state index in [1.54, 1.807) is 25.1 Å². The van der Waals surface area contributed by atoms with Gasteiger partial charge in [-0.15, -0.1) is 0 Å². The van der Waals surface area contributed by atoms with Crippen molar-refractivity contribution in [2.75, 3.05) is 0 Å². The Morgan fingerprint density at radius 3 is 2.34 bits per heavy atom. The average Bonchev–Trinajstić information content (AvgIpc) is 2.80. The van der Waals surface area contributed by atoms with Gasteiger partial charge in [-0.2, -0.15) is 0 Å². The lowest BCUT2D eigenvalue weighted by atomic mass is 10.1. The molecule has 32 heavy (non-hydrogen) atoms. The van der Waals surface area contributed by atoms with Gasteiger partial charge in [0.2, 0.25) is 5.91 Å². The molecule has 5 nitrogen and oxygen atoms in total. The van der Waals surface area contributed by atoms with Gasteiger partial charge in [-0.3, -0.25) is 14.2 Å². The lowest BCUT2D eigenvalue weighted by molar-refractivity contribution is -0.120. The summed E-state index contributed by atoms with van der Waals surface area (Å²) in [7, 11) is 0. The standard InChI is InChI=1S/C25H22FN3O2S/c1-16(18-8-4-3-5-9-18)27-23(30)17(2)32-25-28-22-11-7-6-10-21(22)24(31)29(25)20-14-12-19(26)13-15-20/h3-17H,1-2H3,(H,27,30). The van der Waals surface area contributed by atoms with Crippen molar-refractivity contribution in [2.45, 2.75) is 30.3 Å². The summed E-state index contributed by atoms with van der Waals surface area (Å²) in [6.45, 7) is 3.70. The van der Waals surface area contributed by atoms with E-state index in [9.17, 15) is 14.0 Å². The van der Waals surface area contributed by atoms with E-state index in [0.29, 0.717) is 21.7 Å². The highest BCUT2D eigenvalue weighted by molar-refractivity contribution is 8.00. The first-order valence-corrected chi connectivity index (χ1v) is 11.1. The van der Waals surface area contributed by atoms with Crippen LogP contribution in [0.3, 0.4) is 0 Å². The average molecular weight is 448 g/mol. The summed E-state index contributed by atoms with van der Waals surface area (Å²) in [4.78, 5) is 30.8. The molecule has 0 aliphatic heterocycles. The molecular formula is C25H22FN3O2S. The summed E-state index contributed by atoms with van der Waals surface area (Å²) in [5, 5.41) is 3.32. The van der Waals surface area contributed by atoms with E-state index in [1.807, 2.05) is 43.3 Å². The molecular weight excluding hydrogens is 425 g/mol. The molecule has 162 valence electrons. The molecule has 0 saturated heterocycles. The smallest absolute Gasteiger partial charge is 0.266 e. The lowest BCUT2D eigenvalue weighted by Crippen LogP contribution is -2.33.